The maximum atomic E-state index is 13.0. The van der Waals surface area contributed by atoms with Crippen LogP contribution in [0.25, 0.3) is 16.7 Å². The number of nitrogens with zero attached hydrogens (tertiary/aromatic N) is 5. The van der Waals surface area contributed by atoms with Crippen molar-refractivity contribution in [1.29, 1.82) is 0 Å². The summed E-state index contributed by atoms with van der Waals surface area (Å²) in [7, 11) is 0. The van der Waals surface area contributed by atoms with E-state index < -0.39 is 0 Å². The van der Waals surface area contributed by atoms with Crippen LogP contribution in [-0.2, 0) is 0 Å². The molecule has 0 atom stereocenters. The molecule has 0 spiro atoms. The number of fused-ring (bicyclic) bond motifs is 1. The number of pyridine rings is 1. The van der Waals surface area contributed by atoms with Gasteiger partial charge in [-0.15, -0.1) is 0 Å². The van der Waals surface area contributed by atoms with Gasteiger partial charge in [0.15, 0.2) is 0 Å². The fraction of sp³-hybridized carbons (Fsp3) is 0.174. The summed E-state index contributed by atoms with van der Waals surface area (Å²) in [6, 6.07) is 19.5. The molecule has 0 bridgehead atoms. The molecule has 0 radical (unpaired) electrons. The van der Waals surface area contributed by atoms with Gasteiger partial charge in [0.1, 0.15) is 12.1 Å². The molecule has 30 heavy (non-hydrogen) atoms. The number of para-hydroxylation sites is 2. The number of piperazine rings is 1. The molecular weight excluding hydrogens is 398 g/mol. The molecule has 1 amide bonds. The average Bonchev–Trinajstić information content (AvgIpc) is 3.24. The topological polar surface area (TPSA) is 54.3 Å². The number of benzene rings is 2. The third-order valence-electron chi connectivity index (χ3n) is 5.45. The minimum atomic E-state index is 0.0563. The summed E-state index contributed by atoms with van der Waals surface area (Å²) in [5.41, 5.74) is 3.68. The van der Waals surface area contributed by atoms with Gasteiger partial charge in [-0.05, 0) is 48.5 Å². The van der Waals surface area contributed by atoms with Crippen LogP contribution in [0.2, 0.25) is 5.02 Å². The Morgan fingerprint density at radius 3 is 2.37 bits per heavy atom. The summed E-state index contributed by atoms with van der Waals surface area (Å²) in [5.74, 6) is 0.948. The Balaban J connectivity index is 1.27. The highest BCUT2D eigenvalue weighted by Crippen LogP contribution is 2.20. The largest absolute Gasteiger partial charge is 0.353 e. The fourth-order valence-electron chi connectivity index (χ4n) is 3.81. The normalized spacial score (nSPS) is 14.3. The van der Waals surface area contributed by atoms with Gasteiger partial charge in [-0.1, -0.05) is 23.7 Å². The lowest BCUT2D eigenvalue weighted by Crippen LogP contribution is -2.49. The molecule has 0 unspecified atom stereocenters. The maximum absolute atomic E-state index is 13.0. The molecule has 1 saturated heterocycles. The number of carbonyl (C=O) groups is 1. The van der Waals surface area contributed by atoms with E-state index in [1.54, 1.807) is 6.20 Å². The van der Waals surface area contributed by atoms with E-state index in [-0.39, 0.29) is 5.91 Å². The summed E-state index contributed by atoms with van der Waals surface area (Å²) in [6.45, 7) is 2.83. The van der Waals surface area contributed by atoms with Gasteiger partial charge >= 0.3 is 0 Å². The summed E-state index contributed by atoms with van der Waals surface area (Å²) in [6.07, 6.45) is 3.46. The van der Waals surface area contributed by atoms with Crippen LogP contribution in [0.1, 0.15) is 10.4 Å². The van der Waals surface area contributed by atoms with Crippen LogP contribution < -0.4 is 4.90 Å². The number of hydrogen-bond donors (Lipinski definition) is 0. The van der Waals surface area contributed by atoms with E-state index in [9.17, 15) is 4.79 Å². The molecule has 3 heterocycles. The Morgan fingerprint density at radius 1 is 0.867 bits per heavy atom. The van der Waals surface area contributed by atoms with Crippen molar-refractivity contribution < 1.29 is 4.79 Å². The predicted molar refractivity (Wildman–Crippen MR) is 118 cm³/mol. The first-order valence-corrected chi connectivity index (χ1v) is 10.3. The van der Waals surface area contributed by atoms with Crippen LogP contribution >= 0.6 is 11.6 Å². The van der Waals surface area contributed by atoms with Crippen molar-refractivity contribution >= 4 is 34.4 Å². The van der Waals surface area contributed by atoms with Gasteiger partial charge in [-0.2, -0.15) is 0 Å². The summed E-state index contributed by atoms with van der Waals surface area (Å²) in [5, 5.41) is 0.625. The maximum Gasteiger partial charge on any atom is 0.253 e. The number of amides is 1. The van der Waals surface area contributed by atoms with E-state index in [0.29, 0.717) is 23.7 Å². The highest BCUT2D eigenvalue weighted by Gasteiger charge is 2.23. The minimum Gasteiger partial charge on any atom is -0.353 e. The highest BCUT2D eigenvalue weighted by atomic mass is 35.5. The molecule has 6 nitrogen and oxygen atoms in total. The Bertz CT molecular complexity index is 1180. The van der Waals surface area contributed by atoms with Gasteiger partial charge in [0, 0.05) is 43.6 Å². The van der Waals surface area contributed by atoms with Crippen LogP contribution in [0.5, 0.6) is 0 Å². The number of aromatic nitrogens is 3. The lowest BCUT2D eigenvalue weighted by Gasteiger charge is -2.35. The van der Waals surface area contributed by atoms with Gasteiger partial charge in [-0.25, -0.2) is 9.97 Å². The van der Waals surface area contributed by atoms with E-state index >= 15 is 0 Å². The third-order valence-corrected chi connectivity index (χ3v) is 5.67. The minimum absolute atomic E-state index is 0.0563. The quantitative estimate of drug-likeness (QED) is 0.505. The number of carbonyl (C=O) groups excluding carboxylic acids is 1. The van der Waals surface area contributed by atoms with Gasteiger partial charge < -0.3 is 9.80 Å². The van der Waals surface area contributed by atoms with Crippen molar-refractivity contribution in [3.8, 4) is 5.69 Å². The molecule has 7 heteroatoms. The molecule has 2 aromatic heterocycles. The molecule has 1 aliphatic heterocycles. The number of halogens is 1. The van der Waals surface area contributed by atoms with E-state index in [2.05, 4.69) is 14.9 Å². The fourth-order valence-corrected chi connectivity index (χ4v) is 3.92. The SMILES string of the molecule is O=C(c1ccc(-n2cnc3ccccc32)cc1)N1CCN(c2ccc(Cl)cn2)CC1. The Labute approximate surface area is 179 Å². The lowest BCUT2D eigenvalue weighted by molar-refractivity contribution is 0.0746. The molecule has 0 N–H and O–H groups in total. The van der Waals surface area contributed by atoms with Crippen molar-refractivity contribution in [3.05, 3.63) is 83.8 Å². The zero-order valence-electron chi connectivity index (χ0n) is 16.3. The first-order valence-electron chi connectivity index (χ1n) is 9.87. The Kier molecular flexibility index (Phi) is 4.85. The molecule has 0 saturated carbocycles. The standard InChI is InChI=1S/C23H20ClN5O/c24-18-7-10-22(25-15-18)27-11-13-28(14-12-27)23(30)17-5-8-19(9-6-17)29-16-26-20-3-1-2-4-21(20)29/h1-10,15-16H,11-14H2. The third kappa shape index (κ3) is 3.50. The Hall–Kier alpha value is -3.38. The lowest BCUT2D eigenvalue weighted by atomic mass is 10.1. The van der Waals surface area contributed by atoms with Crippen molar-refractivity contribution in [3.63, 3.8) is 0 Å². The van der Waals surface area contributed by atoms with Crippen LogP contribution in [0.3, 0.4) is 0 Å². The van der Waals surface area contributed by atoms with Crippen molar-refractivity contribution in [1.82, 2.24) is 19.4 Å². The predicted octanol–water partition coefficient (Wildman–Crippen LogP) is 4.04. The van der Waals surface area contributed by atoms with E-state index in [4.69, 9.17) is 11.6 Å². The summed E-state index contributed by atoms with van der Waals surface area (Å²) < 4.78 is 2.03. The van der Waals surface area contributed by atoms with Gasteiger partial charge in [0.05, 0.1) is 16.1 Å². The van der Waals surface area contributed by atoms with Gasteiger partial charge in [0.2, 0.25) is 0 Å². The first-order chi connectivity index (χ1) is 14.7. The summed E-state index contributed by atoms with van der Waals surface area (Å²) in [4.78, 5) is 25.8. The molecule has 1 fully saturated rings. The van der Waals surface area contributed by atoms with E-state index in [0.717, 1.165) is 35.6 Å². The second kappa shape index (κ2) is 7.80. The van der Waals surface area contributed by atoms with Gasteiger partial charge in [-0.3, -0.25) is 9.36 Å². The van der Waals surface area contributed by atoms with Crippen LogP contribution in [0.15, 0.2) is 73.2 Å². The highest BCUT2D eigenvalue weighted by molar-refractivity contribution is 6.30. The number of hydrogen-bond acceptors (Lipinski definition) is 4. The van der Waals surface area contributed by atoms with Crippen molar-refractivity contribution in [2.75, 3.05) is 31.1 Å². The zero-order chi connectivity index (χ0) is 20.5. The second-order valence-electron chi connectivity index (χ2n) is 7.26. The molecular formula is C23H20ClN5O. The van der Waals surface area contributed by atoms with Crippen molar-refractivity contribution in [2.24, 2.45) is 0 Å². The molecule has 1 aliphatic rings. The number of imidazole rings is 1. The number of anilines is 1. The van der Waals surface area contributed by atoms with Crippen LogP contribution in [0, 0.1) is 0 Å². The Morgan fingerprint density at radius 2 is 1.63 bits per heavy atom. The van der Waals surface area contributed by atoms with Crippen LogP contribution in [-0.4, -0.2) is 51.5 Å². The van der Waals surface area contributed by atoms with E-state index in [1.165, 1.54) is 0 Å². The van der Waals surface area contributed by atoms with Gasteiger partial charge in [0.25, 0.3) is 5.91 Å². The first kappa shape index (κ1) is 18.6. The molecule has 4 aromatic rings. The molecule has 150 valence electrons. The monoisotopic (exact) mass is 417 g/mol. The summed E-state index contributed by atoms with van der Waals surface area (Å²) >= 11 is 5.92. The molecule has 2 aromatic carbocycles. The van der Waals surface area contributed by atoms with Crippen molar-refractivity contribution in [2.45, 2.75) is 0 Å². The molecule has 0 aliphatic carbocycles. The molecule has 5 rings (SSSR count). The number of rotatable bonds is 3. The van der Waals surface area contributed by atoms with Crippen LogP contribution in [0.4, 0.5) is 5.82 Å². The smallest absolute Gasteiger partial charge is 0.253 e. The average molecular weight is 418 g/mol. The zero-order valence-corrected chi connectivity index (χ0v) is 17.0. The van der Waals surface area contributed by atoms with E-state index in [1.807, 2.05) is 76.5 Å². The second-order valence-corrected chi connectivity index (χ2v) is 7.70.